The van der Waals surface area contributed by atoms with Gasteiger partial charge in [-0.2, -0.15) is 0 Å². The van der Waals surface area contributed by atoms with E-state index in [4.69, 9.17) is 5.11 Å². The van der Waals surface area contributed by atoms with Crippen molar-refractivity contribution >= 4 is 55.9 Å². The van der Waals surface area contributed by atoms with Crippen LogP contribution in [0.3, 0.4) is 0 Å². The highest BCUT2D eigenvalue weighted by molar-refractivity contribution is 8.25. The Hall–Kier alpha value is -2.81. The maximum absolute atomic E-state index is 13.1. The summed E-state index contributed by atoms with van der Waals surface area (Å²) in [6, 6.07) is 7.97. The first kappa shape index (κ1) is 22.9. The first-order valence-corrected chi connectivity index (χ1v) is 12.3. The number of thioether (sulfide) groups is 1. The molecule has 1 saturated heterocycles. The standard InChI is InChI=1S/C20H18N2O6S3/c1-13-8-9-15(21-18(24)25)12-14(13)6-3-2-4-10-20(17(23)22-19(26)30-20)31(27,28)16-7-5-11-29-16/h5,7-9,11-12,21H,2,4,10H2,1H3,(H,24,25)(H,22,23,26). The van der Waals surface area contributed by atoms with Crippen LogP contribution in [0.15, 0.2) is 39.9 Å². The molecule has 8 nitrogen and oxygen atoms in total. The van der Waals surface area contributed by atoms with Crippen molar-refractivity contribution in [2.45, 2.75) is 34.5 Å². The number of benzene rings is 1. The Labute approximate surface area is 187 Å². The minimum atomic E-state index is -4.07. The quantitative estimate of drug-likeness (QED) is 0.425. The fourth-order valence-corrected chi connectivity index (χ4v) is 7.76. The second-order valence-electron chi connectivity index (χ2n) is 6.65. The number of unbranched alkanes of at least 4 members (excludes halogenated alkanes) is 1. The highest BCUT2D eigenvalue weighted by Gasteiger charge is 2.58. The van der Waals surface area contributed by atoms with E-state index in [1.807, 2.05) is 6.92 Å². The number of hydrogen-bond acceptors (Lipinski definition) is 7. The van der Waals surface area contributed by atoms with Crippen LogP contribution in [-0.4, -0.2) is 34.8 Å². The van der Waals surface area contributed by atoms with Crippen molar-refractivity contribution in [3.63, 3.8) is 0 Å². The van der Waals surface area contributed by atoms with Crippen molar-refractivity contribution in [2.24, 2.45) is 0 Å². The second kappa shape index (κ2) is 9.13. The summed E-state index contributed by atoms with van der Waals surface area (Å²) in [6.45, 7) is 1.84. The number of aryl methyl sites for hydroxylation is 1. The van der Waals surface area contributed by atoms with Gasteiger partial charge in [0.2, 0.25) is 13.9 Å². The average Bonchev–Trinajstić information content (AvgIpc) is 3.32. The Morgan fingerprint density at radius 2 is 2.06 bits per heavy atom. The van der Waals surface area contributed by atoms with E-state index in [1.165, 1.54) is 6.07 Å². The molecular weight excluding hydrogens is 460 g/mol. The monoisotopic (exact) mass is 478 g/mol. The van der Waals surface area contributed by atoms with Crippen molar-refractivity contribution in [1.29, 1.82) is 0 Å². The number of anilines is 1. The van der Waals surface area contributed by atoms with E-state index < -0.39 is 31.2 Å². The molecule has 2 aromatic rings. The molecule has 1 atom stereocenters. The maximum Gasteiger partial charge on any atom is 0.409 e. The van der Waals surface area contributed by atoms with Gasteiger partial charge >= 0.3 is 6.09 Å². The summed E-state index contributed by atoms with van der Waals surface area (Å²) in [5.41, 5.74) is 1.88. The Kier molecular flexibility index (Phi) is 6.74. The molecule has 3 N–H and O–H groups in total. The highest BCUT2D eigenvalue weighted by atomic mass is 32.3. The van der Waals surface area contributed by atoms with Crippen molar-refractivity contribution < 1.29 is 27.9 Å². The zero-order valence-corrected chi connectivity index (χ0v) is 18.7. The van der Waals surface area contributed by atoms with Gasteiger partial charge in [-0.05, 0) is 60.7 Å². The van der Waals surface area contributed by atoms with Gasteiger partial charge in [0, 0.05) is 17.7 Å². The van der Waals surface area contributed by atoms with Crippen LogP contribution in [-0.2, 0) is 14.6 Å². The van der Waals surface area contributed by atoms with E-state index in [9.17, 15) is 22.8 Å². The number of amides is 3. The molecule has 11 heteroatoms. The number of hydrogen-bond donors (Lipinski definition) is 3. The van der Waals surface area contributed by atoms with Gasteiger partial charge in [-0.25, -0.2) is 13.2 Å². The molecule has 1 unspecified atom stereocenters. The minimum Gasteiger partial charge on any atom is -0.465 e. The van der Waals surface area contributed by atoms with Crippen molar-refractivity contribution in [1.82, 2.24) is 5.32 Å². The molecule has 3 rings (SSSR count). The molecule has 162 valence electrons. The van der Waals surface area contributed by atoms with Crippen LogP contribution < -0.4 is 10.6 Å². The van der Waals surface area contributed by atoms with Gasteiger partial charge in [0.15, 0.2) is 0 Å². The van der Waals surface area contributed by atoms with Crippen LogP contribution in [0.2, 0.25) is 0 Å². The number of sulfone groups is 1. The molecule has 1 fully saturated rings. The van der Waals surface area contributed by atoms with Crippen LogP contribution in [0, 0.1) is 18.8 Å². The Bertz CT molecular complexity index is 1200. The highest BCUT2D eigenvalue weighted by Crippen LogP contribution is 2.45. The molecule has 0 radical (unpaired) electrons. The van der Waals surface area contributed by atoms with Gasteiger partial charge in [-0.3, -0.25) is 20.2 Å². The Balaban J connectivity index is 1.75. The molecule has 1 aromatic heterocycles. The minimum absolute atomic E-state index is 0.0364. The topological polar surface area (TPSA) is 130 Å². The van der Waals surface area contributed by atoms with E-state index in [-0.39, 0.29) is 17.1 Å². The zero-order valence-electron chi connectivity index (χ0n) is 16.3. The number of thiophene rings is 1. The van der Waals surface area contributed by atoms with E-state index >= 15 is 0 Å². The third-order valence-corrected chi connectivity index (χ3v) is 9.98. The normalized spacial score (nSPS) is 18.2. The molecule has 0 saturated carbocycles. The zero-order chi connectivity index (χ0) is 22.6. The molecule has 0 spiro atoms. The SMILES string of the molecule is Cc1ccc(NC(=O)O)cc1C#CCCCC1(S(=O)(=O)c2cccs2)SC(=O)NC1=O. The Morgan fingerprint density at radius 3 is 2.68 bits per heavy atom. The average molecular weight is 479 g/mol. The largest absolute Gasteiger partial charge is 0.465 e. The van der Waals surface area contributed by atoms with Gasteiger partial charge < -0.3 is 5.11 Å². The number of carbonyl (C=O) groups excluding carboxylic acids is 2. The second-order valence-corrected chi connectivity index (χ2v) is 11.5. The molecule has 1 aliphatic heterocycles. The number of carbonyl (C=O) groups is 3. The van der Waals surface area contributed by atoms with Crippen LogP contribution in [0.25, 0.3) is 0 Å². The fourth-order valence-electron chi connectivity index (χ4n) is 2.99. The van der Waals surface area contributed by atoms with Crippen molar-refractivity contribution in [3.8, 4) is 11.8 Å². The van der Waals surface area contributed by atoms with E-state index in [0.717, 1.165) is 16.9 Å². The summed E-state index contributed by atoms with van der Waals surface area (Å²) < 4.78 is 24.4. The van der Waals surface area contributed by atoms with E-state index in [2.05, 4.69) is 22.5 Å². The summed E-state index contributed by atoms with van der Waals surface area (Å²) in [6.07, 6.45) is -0.678. The third-order valence-electron chi connectivity index (χ3n) is 4.53. The molecule has 2 heterocycles. The van der Waals surface area contributed by atoms with Crippen molar-refractivity contribution in [3.05, 3.63) is 46.8 Å². The molecular formula is C20H18N2O6S3. The van der Waals surface area contributed by atoms with Gasteiger partial charge in [-0.1, -0.05) is 24.0 Å². The number of carboxylic acid groups (broad SMARTS) is 1. The van der Waals surface area contributed by atoms with Crippen LogP contribution in [0.4, 0.5) is 15.3 Å². The van der Waals surface area contributed by atoms with Crippen LogP contribution in [0.1, 0.15) is 30.4 Å². The predicted molar refractivity (Wildman–Crippen MR) is 119 cm³/mol. The summed E-state index contributed by atoms with van der Waals surface area (Å²) in [5, 5.41) is 14.1. The number of nitrogens with one attached hydrogen (secondary N) is 2. The van der Waals surface area contributed by atoms with Gasteiger partial charge in [-0.15, -0.1) is 11.3 Å². The fraction of sp³-hybridized carbons (Fsp3) is 0.250. The molecule has 3 amide bonds. The predicted octanol–water partition coefficient (Wildman–Crippen LogP) is 3.82. The lowest BCUT2D eigenvalue weighted by atomic mass is 10.1. The first-order chi connectivity index (χ1) is 14.7. The summed E-state index contributed by atoms with van der Waals surface area (Å²) in [4.78, 5) is 35.1. The third kappa shape index (κ3) is 4.76. The molecule has 0 bridgehead atoms. The van der Waals surface area contributed by atoms with Gasteiger partial charge in [0.25, 0.3) is 11.1 Å². The van der Waals surface area contributed by atoms with E-state index in [1.54, 1.807) is 29.6 Å². The van der Waals surface area contributed by atoms with Gasteiger partial charge in [0.1, 0.15) is 4.21 Å². The number of imide groups is 1. The number of rotatable bonds is 6. The molecule has 0 aliphatic carbocycles. The summed E-state index contributed by atoms with van der Waals surface area (Å²) >= 11 is 1.50. The molecule has 31 heavy (non-hydrogen) atoms. The smallest absolute Gasteiger partial charge is 0.409 e. The van der Waals surface area contributed by atoms with Gasteiger partial charge in [0.05, 0.1) is 0 Å². The van der Waals surface area contributed by atoms with Crippen LogP contribution >= 0.6 is 23.1 Å². The molecule has 1 aromatic carbocycles. The maximum atomic E-state index is 13.1. The van der Waals surface area contributed by atoms with Crippen LogP contribution in [0.5, 0.6) is 0 Å². The first-order valence-electron chi connectivity index (χ1n) is 9.08. The lowest BCUT2D eigenvalue weighted by Gasteiger charge is -2.23. The Morgan fingerprint density at radius 1 is 1.29 bits per heavy atom. The summed E-state index contributed by atoms with van der Waals surface area (Å²) in [5.74, 6) is 5.05. The van der Waals surface area contributed by atoms with E-state index in [0.29, 0.717) is 29.4 Å². The molecule has 1 aliphatic rings. The lowest BCUT2D eigenvalue weighted by Crippen LogP contribution is -2.43. The lowest BCUT2D eigenvalue weighted by molar-refractivity contribution is -0.120. The van der Waals surface area contributed by atoms with Crippen molar-refractivity contribution in [2.75, 3.05) is 5.32 Å². The summed E-state index contributed by atoms with van der Waals surface area (Å²) in [7, 11) is -4.07.